The Balaban J connectivity index is 2.52. The Morgan fingerprint density at radius 2 is 2.06 bits per heavy atom. The number of rotatable bonds is 1. The van der Waals surface area contributed by atoms with Crippen LogP contribution in [0.15, 0.2) is 22.5 Å². The van der Waals surface area contributed by atoms with E-state index in [9.17, 15) is 17.4 Å². The smallest absolute Gasteiger partial charge is 0.399 e. The summed E-state index contributed by atoms with van der Waals surface area (Å²) in [4.78, 5) is 3.66. The Morgan fingerprint density at radius 1 is 1.38 bits per heavy atom. The van der Waals surface area contributed by atoms with Gasteiger partial charge in [-0.25, -0.2) is 9.19 Å². The number of hydrogen-bond donors (Lipinski definition) is 1. The summed E-state index contributed by atoms with van der Waals surface area (Å²) in [6.07, 6.45) is 0. The molecule has 0 saturated carbocycles. The van der Waals surface area contributed by atoms with Gasteiger partial charge >= 0.3 is 5.51 Å². The molecule has 2 N–H and O–H groups in total. The SMILES string of the molecule is Nc1ccc2nc(S(=O)C(F)(F)F)sc2c1. The predicted molar refractivity (Wildman–Crippen MR) is 56.5 cm³/mol. The second-order valence-corrected chi connectivity index (χ2v) is 5.60. The van der Waals surface area contributed by atoms with Crippen LogP contribution in [-0.4, -0.2) is 14.7 Å². The average Bonchev–Trinajstić information content (AvgIpc) is 2.57. The minimum absolute atomic E-state index is 0.367. The van der Waals surface area contributed by atoms with Gasteiger partial charge in [0, 0.05) is 5.69 Å². The topological polar surface area (TPSA) is 56.0 Å². The van der Waals surface area contributed by atoms with Crippen molar-refractivity contribution in [2.24, 2.45) is 0 Å². The van der Waals surface area contributed by atoms with Gasteiger partial charge in [-0.3, -0.25) is 0 Å². The molecule has 0 amide bonds. The van der Waals surface area contributed by atoms with Crippen molar-refractivity contribution in [3.05, 3.63) is 18.2 Å². The molecule has 0 aliphatic heterocycles. The van der Waals surface area contributed by atoms with Gasteiger partial charge in [0.15, 0.2) is 15.1 Å². The van der Waals surface area contributed by atoms with Crippen molar-refractivity contribution in [2.45, 2.75) is 9.85 Å². The molecule has 1 aromatic carbocycles. The van der Waals surface area contributed by atoms with Crippen LogP contribution in [0.5, 0.6) is 0 Å². The molecule has 0 saturated heterocycles. The highest BCUT2D eigenvalue weighted by atomic mass is 32.2. The van der Waals surface area contributed by atoms with E-state index >= 15 is 0 Å². The number of nitrogen functional groups attached to an aromatic ring is 1. The van der Waals surface area contributed by atoms with E-state index in [0.29, 0.717) is 15.9 Å². The lowest BCUT2D eigenvalue weighted by atomic mass is 10.3. The van der Waals surface area contributed by atoms with Crippen LogP contribution in [0.2, 0.25) is 0 Å². The van der Waals surface area contributed by atoms with Crippen LogP contribution in [0.25, 0.3) is 10.2 Å². The molecule has 0 fully saturated rings. The first-order valence-electron chi connectivity index (χ1n) is 4.02. The summed E-state index contributed by atoms with van der Waals surface area (Å²) < 4.78 is 47.6. The van der Waals surface area contributed by atoms with Crippen molar-refractivity contribution in [1.29, 1.82) is 0 Å². The number of fused-ring (bicyclic) bond motifs is 1. The zero-order chi connectivity index (χ0) is 11.9. The first kappa shape index (κ1) is 11.3. The van der Waals surface area contributed by atoms with E-state index in [1.54, 1.807) is 0 Å². The summed E-state index contributed by atoms with van der Waals surface area (Å²) in [5, 5.41) is 0. The Kier molecular flexibility index (Phi) is 2.62. The largest absolute Gasteiger partial charge is 0.478 e. The van der Waals surface area contributed by atoms with Crippen LogP contribution in [0.3, 0.4) is 0 Å². The zero-order valence-corrected chi connectivity index (χ0v) is 9.25. The summed E-state index contributed by atoms with van der Waals surface area (Å²) in [6.45, 7) is 0. The number of nitrogens with zero attached hydrogens (tertiary/aromatic N) is 1. The van der Waals surface area contributed by atoms with E-state index in [1.807, 2.05) is 0 Å². The molecular formula is C8H5F3N2OS2. The zero-order valence-electron chi connectivity index (χ0n) is 7.62. The summed E-state index contributed by atoms with van der Waals surface area (Å²) >= 11 is 0.735. The average molecular weight is 266 g/mol. The Hall–Kier alpha value is -1.15. The number of aromatic nitrogens is 1. The maximum atomic E-state index is 12.2. The van der Waals surface area contributed by atoms with Gasteiger partial charge in [-0.15, -0.1) is 11.3 Å². The lowest BCUT2D eigenvalue weighted by Crippen LogP contribution is -2.15. The molecule has 1 unspecified atom stereocenters. The Morgan fingerprint density at radius 3 is 2.69 bits per heavy atom. The van der Waals surface area contributed by atoms with E-state index in [-0.39, 0.29) is 0 Å². The molecule has 1 heterocycles. The van der Waals surface area contributed by atoms with Crippen LogP contribution in [0, 0.1) is 0 Å². The molecule has 3 nitrogen and oxygen atoms in total. The summed E-state index contributed by atoms with van der Waals surface area (Å²) in [5.74, 6) is 0. The molecule has 0 aliphatic carbocycles. The van der Waals surface area contributed by atoms with Crippen LogP contribution in [-0.2, 0) is 10.8 Å². The van der Waals surface area contributed by atoms with Gasteiger partial charge in [0.1, 0.15) is 0 Å². The molecule has 86 valence electrons. The second-order valence-electron chi connectivity index (χ2n) is 2.92. The molecule has 0 spiro atoms. The molecule has 2 rings (SSSR count). The van der Waals surface area contributed by atoms with Crippen molar-refractivity contribution in [3.63, 3.8) is 0 Å². The molecule has 1 aromatic heterocycles. The molecule has 0 radical (unpaired) electrons. The summed E-state index contributed by atoms with van der Waals surface area (Å²) in [6, 6.07) is 4.53. The number of halogens is 3. The van der Waals surface area contributed by atoms with Crippen molar-refractivity contribution in [2.75, 3.05) is 5.73 Å². The van der Waals surface area contributed by atoms with Crippen LogP contribution >= 0.6 is 11.3 Å². The fraction of sp³-hybridized carbons (Fsp3) is 0.125. The number of benzene rings is 1. The normalized spacial score (nSPS) is 14.2. The quantitative estimate of drug-likeness (QED) is 0.807. The number of anilines is 1. The molecule has 16 heavy (non-hydrogen) atoms. The summed E-state index contributed by atoms with van der Waals surface area (Å²) in [5.41, 5.74) is 1.50. The molecule has 0 aliphatic rings. The second kappa shape index (κ2) is 3.70. The fourth-order valence-electron chi connectivity index (χ4n) is 1.10. The van der Waals surface area contributed by atoms with E-state index in [4.69, 9.17) is 5.73 Å². The van der Waals surface area contributed by atoms with Gasteiger partial charge in [0.25, 0.3) is 0 Å². The minimum atomic E-state index is -4.78. The Labute approximate surface area is 94.5 Å². The van der Waals surface area contributed by atoms with Crippen molar-refractivity contribution in [3.8, 4) is 0 Å². The highest BCUT2D eigenvalue weighted by Crippen LogP contribution is 2.32. The van der Waals surface area contributed by atoms with Gasteiger partial charge < -0.3 is 5.73 Å². The van der Waals surface area contributed by atoms with Gasteiger partial charge in [0.05, 0.1) is 10.2 Å². The standard InChI is InChI=1S/C8H5F3N2OS2/c9-8(10,11)16(14)7-13-5-2-1-4(12)3-6(5)15-7/h1-3H,12H2. The highest BCUT2D eigenvalue weighted by molar-refractivity contribution is 7.88. The maximum Gasteiger partial charge on any atom is 0.478 e. The first-order chi connectivity index (χ1) is 7.38. The first-order valence-corrected chi connectivity index (χ1v) is 5.99. The number of nitrogens with two attached hydrogens (primary N) is 1. The minimum Gasteiger partial charge on any atom is -0.399 e. The van der Waals surface area contributed by atoms with E-state index in [1.165, 1.54) is 18.2 Å². The van der Waals surface area contributed by atoms with Crippen molar-refractivity contribution >= 4 is 38.0 Å². The van der Waals surface area contributed by atoms with Crippen LogP contribution in [0.4, 0.5) is 18.9 Å². The monoisotopic (exact) mass is 266 g/mol. The van der Waals surface area contributed by atoms with Crippen LogP contribution in [0.1, 0.15) is 0 Å². The van der Waals surface area contributed by atoms with E-state index in [2.05, 4.69) is 4.98 Å². The number of alkyl halides is 3. The molecule has 1 atom stereocenters. The number of hydrogen-bond acceptors (Lipinski definition) is 4. The predicted octanol–water partition coefficient (Wildman–Crippen LogP) is 2.51. The van der Waals surface area contributed by atoms with E-state index < -0.39 is 20.6 Å². The van der Waals surface area contributed by atoms with Crippen molar-refractivity contribution in [1.82, 2.24) is 4.98 Å². The maximum absolute atomic E-state index is 12.2. The van der Waals surface area contributed by atoms with Gasteiger partial charge in [-0.05, 0) is 18.2 Å². The molecule has 2 aromatic rings. The van der Waals surface area contributed by atoms with E-state index in [0.717, 1.165) is 11.3 Å². The van der Waals surface area contributed by atoms with Gasteiger partial charge in [-0.2, -0.15) is 13.2 Å². The Bertz CT molecular complexity index is 564. The van der Waals surface area contributed by atoms with Crippen LogP contribution < -0.4 is 5.73 Å². The lowest BCUT2D eigenvalue weighted by molar-refractivity contribution is -0.0384. The molecule has 0 bridgehead atoms. The fourth-order valence-corrected chi connectivity index (χ4v) is 3.08. The van der Waals surface area contributed by atoms with Gasteiger partial charge in [0.2, 0.25) is 0 Å². The molecule has 8 heteroatoms. The third-order valence-electron chi connectivity index (χ3n) is 1.76. The highest BCUT2D eigenvalue weighted by Gasteiger charge is 2.40. The number of thiazole rings is 1. The van der Waals surface area contributed by atoms with Crippen molar-refractivity contribution < 1.29 is 17.4 Å². The third kappa shape index (κ3) is 2.03. The molecular weight excluding hydrogens is 261 g/mol. The third-order valence-corrected chi connectivity index (χ3v) is 4.11. The lowest BCUT2D eigenvalue weighted by Gasteiger charge is -2.00. The summed E-state index contributed by atoms with van der Waals surface area (Å²) in [7, 11) is -3.07. The van der Waals surface area contributed by atoms with Gasteiger partial charge in [-0.1, -0.05) is 0 Å².